The predicted octanol–water partition coefficient (Wildman–Crippen LogP) is 4.43. The van der Waals surface area contributed by atoms with Crippen LogP contribution in [-0.4, -0.2) is 19.3 Å². The number of hydrogen-bond donors (Lipinski definition) is 1. The van der Waals surface area contributed by atoms with Crippen LogP contribution in [0, 0.1) is 11.8 Å². The van der Waals surface area contributed by atoms with Crippen LogP contribution in [0.4, 0.5) is 0 Å². The highest BCUT2D eigenvalue weighted by Gasteiger charge is 2.43. The highest BCUT2D eigenvalue weighted by atomic mass is 16.5. The zero-order chi connectivity index (χ0) is 18.7. The second-order valence-corrected chi connectivity index (χ2v) is 7.76. The topological polar surface area (TPSA) is 44.5 Å². The molecular formula is C24H27NO2. The molecular weight excluding hydrogens is 334 g/mol. The van der Waals surface area contributed by atoms with Gasteiger partial charge in [-0.2, -0.15) is 0 Å². The summed E-state index contributed by atoms with van der Waals surface area (Å²) in [6, 6.07) is 16.6. The van der Waals surface area contributed by atoms with E-state index >= 15 is 0 Å². The quantitative estimate of drug-likeness (QED) is 0.820. The van der Waals surface area contributed by atoms with Gasteiger partial charge in [0.2, 0.25) is 0 Å². The second-order valence-electron chi connectivity index (χ2n) is 7.76. The number of nitrogens with two attached hydrogens (primary N) is 1. The molecule has 27 heavy (non-hydrogen) atoms. The average Bonchev–Trinajstić information content (AvgIpc) is 3.18. The molecule has 0 atom stereocenters. The Kier molecular flexibility index (Phi) is 5.09. The molecule has 0 aliphatic heterocycles. The molecule has 2 aromatic carbocycles. The molecule has 140 valence electrons. The van der Waals surface area contributed by atoms with Gasteiger partial charge in [0.1, 0.15) is 0 Å². The maximum absolute atomic E-state index is 6.29. The SMILES string of the molecule is COc1ccc([C@]2(C#Cc3ccccc3)C[C@@H](N)C2)cc1OC1CCCC1. The van der Waals surface area contributed by atoms with Crippen LogP contribution in [0.25, 0.3) is 0 Å². The Morgan fingerprint density at radius 3 is 2.41 bits per heavy atom. The van der Waals surface area contributed by atoms with E-state index in [0.717, 1.165) is 42.7 Å². The number of methoxy groups -OCH3 is 1. The predicted molar refractivity (Wildman–Crippen MR) is 108 cm³/mol. The van der Waals surface area contributed by atoms with Crippen molar-refractivity contribution in [3.63, 3.8) is 0 Å². The molecule has 2 aliphatic rings. The summed E-state index contributed by atoms with van der Waals surface area (Å²) < 4.78 is 11.8. The second kappa shape index (κ2) is 7.66. The Balaban J connectivity index is 1.65. The third-order valence-electron chi connectivity index (χ3n) is 5.75. The number of rotatable bonds is 4. The molecule has 3 nitrogen and oxygen atoms in total. The van der Waals surface area contributed by atoms with Crippen LogP contribution in [0.5, 0.6) is 11.5 Å². The van der Waals surface area contributed by atoms with Crippen molar-refractivity contribution in [2.24, 2.45) is 5.73 Å². The van der Waals surface area contributed by atoms with E-state index in [1.807, 2.05) is 36.4 Å². The lowest BCUT2D eigenvalue weighted by Crippen LogP contribution is -2.48. The van der Waals surface area contributed by atoms with E-state index in [1.54, 1.807) is 7.11 Å². The summed E-state index contributed by atoms with van der Waals surface area (Å²) in [6.45, 7) is 0. The summed E-state index contributed by atoms with van der Waals surface area (Å²) in [5.41, 5.74) is 8.18. The van der Waals surface area contributed by atoms with E-state index in [2.05, 4.69) is 24.0 Å². The molecule has 4 rings (SSSR count). The van der Waals surface area contributed by atoms with Gasteiger partial charge in [-0.1, -0.05) is 36.1 Å². The molecule has 0 unspecified atom stereocenters. The summed E-state index contributed by atoms with van der Waals surface area (Å²) in [5, 5.41) is 0. The molecule has 0 saturated heterocycles. The summed E-state index contributed by atoms with van der Waals surface area (Å²) in [5.74, 6) is 8.51. The van der Waals surface area contributed by atoms with Crippen LogP contribution in [0.1, 0.15) is 49.7 Å². The van der Waals surface area contributed by atoms with Crippen LogP contribution >= 0.6 is 0 Å². The Labute approximate surface area is 161 Å². The monoisotopic (exact) mass is 361 g/mol. The maximum atomic E-state index is 6.29. The highest BCUT2D eigenvalue weighted by Crippen LogP contribution is 2.45. The van der Waals surface area contributed by atoms with Crippen molar-refractivity contribution in [3.05, 3.63) is 59.7 Å². The number of hydrogen-bond acceptors (Lipinski definition) is 3. The van der Waals surface area contributed by atoms with Gasteiger partial charge in [0, 0.05) is 11.6 Å². The first-order valence-corrected chi connectivity index (χ1v) is 9.87. The molecule has 0 bridgehead atoms. The highest BCUT2D eigenvalue weighted by molar-refractivity contribution is 5.51. The summed E-state index contributed by atoms with van der Waals surface area (Å²) in [4.78, 5) is 0. The maximum Gasteiger partial charge on any atom is 0.161 e. The van der Waals surface area contributed by atoms with E-state index in [1.165, 1.54) is 18.4 Å². The van der Waals surface area contributed by atoms with E-state index in [0.29, 0.717) is 6.10 Å². The first-order valence-electron chi connectivity index (χ1n) is 9.87. The number of benzene rings is 2. The van der Waals surface area contributed by atoms with E-state index in [9.17, 15) is 0 Å². The van der Waals surface area contributed by atoms with Crippen LogP contribution < -0.4 is 15.2 Å². The smallest absolute Gasteiger partial charge is 0.161 e. The fourth-order valence-corrected chi connectivity index (χ4v) is 4.21. The van der Waals surface area contributed by atoms with Gasteiger partial charge in [-0.15, -0.1) is 0 Å². The Hall–Kier alpha value is -2.44. The van der Waals surface area contributed by atoms with Gasteiger partial charge in [0.25, 0.3) is 0 Å². The van der Waals surface area contributed by atoms with Crippen molar-refractivity contribution in [1.82, 2.24) is 0 Å². The van der Waals surface area contributed by atoms with Crippen LogP contribution in [-0.2, 0) is 5.41 Å². The molecule has 2 fully saturated rings. The van der Waals surface area contributed by atoms with Crippen molar-refractivity contribution in [2.45, 2.75) is 56.1 Å². The van der Waals surface area contributed by atoms with Crippen molar-refractivity contribution in [1.29, 1.82) is 0 Å². The van der Waals surface area contributed by atoms with Crippen molar-refractivity contribution < 1.29 is 9.47 Å². The Morgan fingerprint density at radius 1 is 1.00 bits per heavy atom. The lowest BCUT2D eigenvalue weighted by atomic mass is 9.62. The standard InChI is InChI=1S/C24H27NO2/c1-26-22-12-11-19(15-23(22)27-21-9-5-6-10-21)24(16-20(25)17-24)14-13-18-7-3-2-4-8-18/h2-4,7-8,11-12,15,20-21H,5-6,9-10,16-17,25H2,1H3/t20-,24-. The molecule has 2 saturated carbocycles. The Bertz CT molecular complexity index is 838. The molecule has 0 radical (unpaired) electrons. The van der Waals surface area contributed by atoms with E-state index in [4.69, 9.17) is 15.2 Å². The normalized spacial score (nSPS) is 24.6. The van der Waals surface area contributed by atoms with E-state index < -0.39 is 0 Å². The fourth-order valence-electron chi connectivity index (χ4n) is 4.21. The minimum absolute atomic E-state index is 0.199. The van der Waals surface area contributed by atoms with Crippen molar-refractivity contribution in [2.75, 3.05) is 7.11 Å². The molecule has 2 aromatic rings. The van der Waals surface area contributed by atoms with Gasteiger partial charge in [0.05, 0.1) is 18.6 Å². The average molecular weight is 361 g/mol. The largest absolute Gasteiger partial charge is 0.493 e. The lowest BCUT2D eigenvalue weighted by molar-refractivity contribution is 0.199. The minimum atomic E-state index is -0.199. The molecule has 2 N–H and O–H groups in total. The van der Waals surface area contributed by atoms with Crippen LogP contribution in [0.3, 0.4) is 0 Å². The first kappa shape index (κ1) is 17.9. The third kappa shape index (κ3) is 3.82. The Morgan fingerprint density at radius 2 is 1.74 bits per heavy atom. The van der Waals surface area contributed by atoms with Crippen LogP contribution in [0.15, 0.2) is 48.5 Å². The zero-order valence-electron chi connectivity index (χ0n) is 15.9. The van der Waals surface area contributed by atoms with Gasteiger partial charge >= 0.3 is 0 Å². The molecule has 0 amide bonds. The summed E-state index contributed by atoms with van der Waals surface area (Å²) in [7, 11) is 1.70. The van der Waals surface area contributed by atoms with E-state index in [-0.39, 0.29) is 11.5 Å². The molecule has 2 aliphatic carbocycles. The van der Waals surface area contributed by atoms with Gasteiger partial charge in [0.15, 0.2) is 11.5 Å². The summed E-state index contributed by atoms with van der Waals surface area (Å²) >= 11 is 0. The lowest BCUT2D eigenvalue weighted by Gasteiger charge is -2.43. The van der Waals surface area contributed by atoms with Crippen molar-refractivity contribution >= 4 is 0 Å². The van der Waals surface area contributed by atoms with Gasteiger partial charge in [-0.05, 0) is 68.4 Å². The summed E-state index contributed by atoms with van der Waals surface area (Å²) in [6.07, 6.45) is 6.78. The van der Waals surface area contributed by atoms with Gasteiger partial charge < -0.3 is 15.2 Å². The number of ether oxygens (including phenoxy) is 2. The minimum Gasteiger partial charge on any atom is -0.493 e. The fraction of sp³-hybridized carbons (Fsp3) is 0.417. The molecule has 0 heterocycles. The van der Waals surface area contributed by atoms with Crippen molar-refractivity contribution in [3.8, 4) is 23.3 Å². The zero-order valence-corrected chi connectivity index (χ0v) is 15.9. The van der Waals surface area contributed by atoms with Gasteiger partial charge in [-0.25, -0.2) is 0 Å². The molecule has 0 spiro atoms. The first-order chi connectivity index (χ1) is 13.2. The molecule has 3 heteroatoms. The van der Waals surface area contributed by atoms with Gasteiger partial charge in [-0.3, -0.25) is 0 Å². The van der Waals surface area contributed by atoms with Crippen LogP contribution in [0.2, 0.25) is 0 Å². The third-order valence-corrected chi connectivity index (χ3v) is 5.75. The molecule has 0 aromatic heterocycles.